The zero-order valence-corrected chi connectivity index (χ0v) is 8.45. The Kier molecular flexibility index (Phi) is 3.26. The Bertz CT molecular complexity index is 222. The maximum absolute atomic E-state index is 9.38. The number of aliphatic hydroxyl groups is 1. The molecule has 1 N–H and O–H groups in total. The molecule has 2 nitrogen and oxygen atoms in total. The summed E-state index contributed by atoms with van der Waals surface area (Å²) in [4.78, 5) is 4.07. The number of aromatic nitrogens is 1. The highest BCUT2D eigenvalue weighted by Crippen LogP contribution is 2.15. The molecule has 0 amide bonds. The van der Waals surface area contributed by atoms with Crippen molar-refractivity contribution in [1.82, 2.24) is 4.98 Å². The van der Waals surface area contributed by atoms with E-state index in [1.165, 1.54) is 0 Å². The molecule has 0 fully saturated rings. The van der Waals surface area contributed by atoms with Crippen molar-refractivity contribution in [3.05, 3.63) is 27.6 Å². The van der Waals surface area contributed by atoms with Crippen LogP contribution in [0.25, 0.3) is 0 Å². The van der Waals surface area contributed by atoms with Crippen LogP contribution >= 0.6 is 22.6 Å². The van der Waals surface area contributed by atoms with Gasteiger partial charge in [0.25, 0.3) is 0 Å². The lowest BCUT2D eigenvalue weighted by Crippen LogP contribution is -1.95. The maximum Gasteiger partial charge on any atom is 0.101 e. The van der Waals surface area contributed by atoms with Crippen molar-refractivity contribution >= 4 is 22.6 Å². The molecule has 1 aromatic rings. The van der Waals surface area contributed by atoms with Crippen LogP contribution in [-0.2, 0) is 0 Å². The third-order valence-corrected chi connectivity index (χ3v) is 2.16. The van der Waals surface area contributed by atoms with Gasteiger partial charge >= 0.3 is 0 Å². The first kappa shape index (κ1) is 8.93. The molecule has 11 heavy (non-hydrogen) atoms. The number of rotatable bonds is 2. The fourth-order valence-corrected chi connectivity index (χ4v) is 1.14. The van der Waals surface area contributed by atoms with E-state index in [1.807, 2.05) is 19.1 Å². The average molecular weight is 263 g/mol. The molecule has 0 aliphatic heterocycles. The van der Waals surface area contributed by atoms with Crippen molar-refractivity contribution < 1.29 is 5.11 Å². The zero-order valence-electron chi connectivity index (χ0n) is 6.29. The van der Waals surface area contributed by atoms with E-state index >= 15 is 0 Å². The standard InChI is InChI=1S/C8H10INO/c1-2-7(11)6-3-4-8(9)10-5-6/h3-5,7,11H,2H2,1H3/t7-/m0/s1. The second-order valence-electron chi connectivity index (χ2n) is 2.34. The molecule has 1 atom stereocenters. The molecular formula is C8H10INO. The van der Waals surface area contributed by atoms with Gasteiger partial charge in [-0.25, -0.2) is 4.98 Å². The minimum atomic E-state index is -0.362. The smallest absolute Gasteiger partial charge is 0.101 e. The van der Waals surface area contributed by atoms with Crippen molar-refractivity contribution in [3.63, 3.8) is 0 Å². The van der Waals surface area contributed by atoms with E-state index in [0.29, 0.717) is 0 Å². The van der Waals surface area contributed by atoms with Crippen molar-refractivity contribution in [2.45, 2.75) is 19.4 Å². The molecule has 1 heterocycles. The number of pyridine rings is 1. The quantitative estimate of drug-likeness (QED) is 0.655. The summed E-state index contributed by atoms with van der Waals surface area (Å²) in [6.45, 7) is 1.95. The molecule has 1 aromatic heterocycles. The zero-order chi connectivity index (χ0) is 8.27. The van der Waals surface area contributed by atoms with E-state index < -0.39 is 0 Å². The second-order valence-corrected chi connectivity index (χ2v) is 3.44. The molecule has 0 unspecified atom stereocenters. The number of nitrogens with zero attached hydrogens (tertiary/aromatic N) is 1. The van der Waals surface area contributed by atoms with Gasteiger partial charge in [-0.1, -0.05) is 13.0 Å². The van der Waals surface area contributed by atoms with Gasteiger partial charge in [0.15, 0.2) is 0 Å². The largest absolute Gasteiger partial charge is 0.388 e. The van der Waals surface area contributed by atoms with Gasteiger partial charge in [-0.05, 0) is 40.6 Å². The Morgan fingerprint density at radius 1 is 1.64 bits per heavy atom. The first-order valence-corrected chi connectivity index (χ1v) is 4.61. The predicted molar refractivity (Wildman–Crippen MR) is 52.2 cm³/mol. The first-order valence-electron chi connectivity index (χ1n) is 3.53. The molecule has 0 bridgehead atoms. The fraction of sp³-hybridized carbons (Fsp3) is 0.375. The molecule has 60 valence electrons. The third-order valence-electron chi connectivity index (χ3n) is 1.52. The minimum Gasteiger partial charge on any atom is -0.388 e. The van der Waals surface area contributed by atoms with Crippen LogP contribution in [0, 0.1) is 3.70 Å². The van der Waals surface area contributed by atoms with Gasteiger partial charge in [0, 0.05) is 6.20 Å². The Morgan fingerprint density at radius 2 is 2.36 bits per heavy atom. The van der Waals surface area contributed by atoms with Crippen LogP contribution in [-0.4, -0.2) is 10.1 Å². The van der Waals surface area contributed by atoms with Gasteiger partial charge in [-0.3, -0.25) is 0 Å². The SMILES string of the molecule is CC[C@H](O)c1ccc(I)nc1. The average Bonchev–Trinajstić information content (AvgIpc) is 2.05. The summed E-state index contributed by atoms with van der Waals surface area (Å²) in [6.07, 6.45) is 2.09. The van der Waals surface area contributed by atoms with Gasteiger partial charge in [-0.2, -0.15) is 0 Å². The maximum atomic E-state index is 9.38. The van der Waals surface area contributed by atoms with E-state index in [4.69, 9.17) is 0 Å². The molecule has 0 saturated carbocycles. The van der Waals surface area contributed by atoms with Gasteiger partial charge in [0.1, 0.15) is 3.70 Å². The van der Waals surface area contributed by atoms with Crippen molar-refractivity contribution in [2.75, 3.05) is 0 Å². The normalized spacial score (nSPS) is 13.0. The molecule has 0 aliphatic carbocycles. The van der Waals surface area contributed by atoms with E-state index in [2.05, 4.69) is 27.6 Å². The number of aliphatic hydroxyl groups excluding tert-OH is 1. The van der Waals surface area contributed by atoms with Crippen LogP contribution in [0.1, 0.15) is 25.0 Å². The Balaban J connectivity index is 2.81. The Hall–Kier alpha value is -0.160. The Morgan fingerprint density at radius 3 is 2.82 bits per heavy atom. The third kappa shape index (κ3) is 2.41. The summed E-state index contributed by atoms with van der Waals surface area (Å²) in [5.41, 5.74) is 0.896. The minimum absolute atomic E-state index is 0.362. The van der Waals surface area contributed by atoms with Crippen LogP contribution < -0.4 is 0 Å². The highest BCUT2D eigenvalue weighted by Gasteiger charge is 2.03. The van der Waals surface area contributed by atoms with Gasteiger partial charge < -0.3 is 5.11 Å². The number of hydrogen-bond donors (Lipinski definition) is 1. The molecule has 1 rings (SSSR count). The predicted octanol–water partition coefficient (Wildman–Crippen LogP) is 2.13. The molecule has 0 saturated heterocycles. The van der Waals surface area contributed by atoms with Crippen LogP contribution in [0.15, 0.2) is 18.3 Å². The highest BCUT2D eigenvalue weighted by atomic mass is 127. The lowest BCUT2D eigenvalue weighted by molar-refractivity contribution is 0.173. The lowest BCUT2D eigenvalue weighted by atomic mass is 10.1. The fourth-order valence-electron chi connectivity index (χ4n) is 0.820. The van der Waals surface area contributed by atoms with Gasteiger partial charge in [-0.15, -0.1) is 0 Å². The number of hydrogen-bond acceptors (Lipinski definition) is 2. The molecule has 0 spiro atoms. The van der Waals surface area contributed by atoms with Crippen molar-refractivity contribution in [2.24, 2.45) is 0 Å². The molecule has 3 heteroatoms. The van der Waals surface area contributed by atoms with Crippen LogP contribution in [0.2, 0.25) is 0 Å². The van der Waals surface area contributed by atoms with Crippen molar-refractivity contribution in [3.8, 4) is 0 Å². The molecule has 0 aromatic carbocycles. The summed E-state index contributed by atoms with van der Waals surface area (Å²) in [6, 6.07) is 3.80. The van der Waals surface area contributed by atoms with Crippen molar-refractivity contribution in [1.29, 1.82) is 0 Å². The Labute approximate surface area is 79.8 Å². The molecule has 0 radical (unpaired) electrons. The highest BCUT2D eigenvalue weighted by molar-refractivity contribution is 14.1. The van der Waals surface area contributed by atoms with Crippen LogP contribution in [0.3, 0.4) is 0 Å². The summed E-state index contributed by atoms with van der Waals surface area (Å²) in [5, 5.41) is 9.38. The summed E-state index contributed by atoms with van der Waals surface area (Å²) in [7, 11) is 0. The van der Waals surface area contributed by atoms with E-state index in [-0.39, 0.29) is 6.10 Å². The lowest BCUT2D eigenvalue weighted by Gasteiger charge is -2.05. The van der Waals surface area contributed by atoms with E-state index in [1.54, 1.807) is 6.20 Å². The van der Waals surface area contributed by atoms with Crippen LogP contribution in [0.5, 0.6) is 0 Å². The number of halogens is 1. The molecular weight excluding hydrogens is 253 g/mol. The topological polar surface area (TPSA) is 33.1 Å². The van der Waals surface area contributed by atoms with E-state index in [0.717, 1.165) is 15.7 Å². The summed E-state index contributed by atoms with van der Waals surface area (Å²) < 4.78 is 0.953. The molecule has 0 aliphatic rings. The van der Waals surface area contributed by atoms with Gasteiger partial charge in [0.05, 0.1) is 6.10 Å². The summed E-state index contributed by atoms with van der Waals surface area (Å²) >= 11 is 2.14. The van der Waals surface area contributed by atoms with E-state index in [9.17, 15) is 5.11 Å². The first-order chi connectivity index (χ1) is 5.24. The van der Waals surface area contributed by atoms with Crippen LogP contribution in [0.4, 0.5) is 0 Å². The monoisotopic (exact) mass is 263 g/mol. The second kappa shape index (κ2) is 4.01. The summed E-state index contributed by atoms with van der Waals surface area (Å²) in [5.74, 6) is 0. The van der Waals surface area contributed by atoms with Gasteiger partial charge in [0.2, 0.25) is 0 Å².